The minimum atomic E-state index is 0.000627. The van der Waals surface area contributed by atoms with Crippen LogP contribution in [0.2, 0.25) is 0 Å². The Morgan fingerprint density at radius 1 is 0.944 bits per heavy atom. The first-order valence-corrected chi connectivity index (χ1v) is 12.5. The molecule has 4 aromatic rings. The molecule has 0 radical (unpaired) electrons. The quantitative estimate of drug-likeness (QED) is 0.393. The van der Waals surface area contributed by atoms with Crippen molar-refractivity contribution in [2.75, 3.05) is 37.7 Å². The number of nitrogens with zero attached hydrogens (tertiary/aromatic N) is 5. The number of piperazine rings is 1. The van der Waals surface area contributed by atoms with Crippen molar-refractivity contribution in [3.63, 3.8) is 0 Å². The number of para-hydroxylation sites is 2. The van der Waals surface area contributed by atoms with E-state index in [4.69, 9.17) is 9.84 Å². The summed E-state index contributed by atoms with van der Waals surface area (Å²) in [5, 5.41) is 4.91. The van der Waals surface area contributed by atoms with Crippen molar-refractivity contribution < 1.29 is 9.53 Å². The number of benzene rings is 2. The third-order valence-corrected chi connectivity index (χ3v) is 6.79. The average molecular weight is 484 g/mol. The van der Waals surface area contributed by atoms with Gasteiger partial charge in [-0.15, -0.1) is 0 Å². The van der Waals surface area contributed by atoms with Crippen molar-refractivity contribution in [1.29, 1.82) is 0 Å². The smallest absolute Gasteiger partial charge is 0.272 e. The van der Waals surface area contributed by atoms with E-state index < -0.39 is 0 Å². The van der Waals surface area contributed by atoms with Crippen LogP contribution in [0.15, 0.2) is 66.9 Å². The number of hydrogen-bond acceptors (Lipinski definition) is 4. The second kappa shape index (κ2) is 9.93. The van der Waals surface area contributed by atoms with E-state index in [2.05, 4.69) is 36.9 Å². The topological polar surface area (TPSA) is 55.5 Å². The zero-order valence-corrected chi connectivity index (χ0v) is 21.4. The molecule has 1 saturated heterocycles. The molecule has 1 amide bonds. The summed E-state index contributed by atoms with van der Waals surface area (Å²) < 4.78 is 9.67. The molecule has 36 heavy (non-hydrogen) atoms. The summed E-state index contributed by atoms with van der Waals surface area (Å²) >= 11 is 0. The van der Waals surface area contributed by atoms with Gasteiger partial charge in [-0.3, -0.25) is 4.79 Å². The van der Waals surface area contributed by atoms with Crippen molar-refractivity contribution in [1.82, 2.24) is 19.2 Å². The Labute approximate surface area is 212 Å². The molecular weight excluding hydrogens is 450 g/mol. The van der Waals surface area contributed by atoms with E-state index in [-0.39, 0.29) is 5.91 Å². The highest BCUT2D eigenvalue weighted by molar-refractivity contribution is 5.94. The summed E-state index contributed by atoms with van der Waals surface area (Å²) in [6.45, 7) is 9.53. The average Bonchev–Trinajstić information content (AvgIpc) is 3.50. The lowest BCUT2D eigenvalue weighted by Crippen LogP contribution is -2.49. The Hall–Kier alpha value is -4.00. The highest BCUT2D eigenvalue weighted by Crippen LogP contribution is 2.30. The molecule has 0 unspecified atom stereocenters. The van der Waals surface area contributed by atoms with E-state index in [1.54, 1.807) is 0 Å². The van der Waals surface area contributed by atoms with Crippen molar-refractivity contribution in [3.05, 3.63) is 83.7 Å². The van der Waals surface area contributed by atoms with E-state index in [0.29, 0.717) is 25.4 Å². The normalized spacial score (nSPS) is 13.8. The van der Waals surface area contributed by atoms with Crippen LogP contribution in [0.25, 0.3) is 17.1 Å². The first-order chi connectivity index (χ1) is 17.5. The number of aromatic nitrogens is 3. The van der Waals surface area contributed by atoms with Crippen LogP contribution in [0.4, 0.5) is 5.69 Å². The molecule has 5 rings (SSSR count). The third kappa shape index (κ3) is 4.49. The summed E-state index contributed by atoms with van der Waals surface area (Å²) in [4.78, 5) is 18.1. The van der Waals surface area contributed by atoms with Gasteiger partial charge in [0.25, 0.3) is 5.91 Å². The summed E-state index contributed by atoms with van der Waals surface area (Å²) in [5.41, 5.74) is 6.62. The van der Waals surface area contributed by atoms with Crippen molar-refractivity contribution >= 4 is 11.6 Å². The number of hydrogen-bond donors (Lipinski definition) is 0. The molecule has 7 nitrogen and oxygen atoms in total. The molecule has 186 valence electrons. The van der Waals surface area contributed by atoms with Gasteiger partial charge in [-0.25, -0.2) is 4.68 Å². The number of ether oxygens (including phenoxy) is 1. The summed E-state index contributed by atoms with van der Waals surface area (Å²) in [5.74, 6) is 0.889. The lowest BCUT2D eigenvalue weighted by Gasteiger charge is -2.36. The SMILES string of the molecule is CCOc1ccccc1N1CCN(C(=O)c2cc(-c3cccn3C)nn2-c2ccc(C)cc2C)CC1. The Morgan fingerprint density at radius 2 is 1.72 bits per heavy atom. The highest BCUT2D eigenvalue weighted by atomic mass is 16.5. The van der Waals surface area contributed by atoms with Gasteiger partial charge >= 0.3 is 0 Å². The van der Waals surface area contributed by atoms with E-state index in [0.717, 1.165) is 47.2 Å². The Morgan fingerprint density at radius 3 is 2.42 bits per heavy atom. The molecule has 1 aliphatic rings. The molecule has 0 saturated carbocycles. The monoisotopic (exact) mass is 483 g/mol. The van der Waals surface area contributed by atoms with E-state index in [1.807, 2.05) is 76.8 Å². The number of aryl methyl sites for hydroxylation is 3. The van der Waals surface area contributed by atoms with Gasteiger partial charge in [0.2, 0.25) is 0 Å². The standard InChI is InChI=1S/C29H33N5O2/c1-5-36-28-11-7-6-9-26(28)32-15-17-33(18-16-32)29(35)27-20-23(25-10-8-14-31(25)4)30-34(27)24-13-12-21(2)19-22(24)3/h6-14,19-20H,5,15-18H2,1-4H3. The van der Waals surface area contributed by atoms with Crippen LogP contribution in [0.3, 0.4) is 0 Å². The van der Waals surface area contributed by atoms with Gasteiger partial charge in [0.15, 0.2) is 0 Å². The molecule has 2 aromatic carbocycles. The molecule has 0 bridgehead atoms. The minimum Gasteiger partial charge on any atom is -0.492 e. The molecule has 0 atom stereocenters. The number of amides is 1. The predicted molar refractivity (Wildman–Crippen MR) is 143 cm³/mol. The van der Waals surface area contributed by atoms with Gasteiger partial charge in [-0.05, 0) is 62.7 Å². The third-order valence-electron chi connectivity index (χ3n) is 6.79. The van der Waals surface area contributed by atoms with Crippen molar-refractivity contribution in [2.24, 2.45) is 7.05 Å². The molecule has 3 heterocycles. The van der Waals surface area contributed by atoms with E-state index >= 15 is 0 Å². The molecule has 0 spiro atoms. The van der Waals surface area contributed by atoms with Gasteiger partial charge < -0.3 is 19.1 Å². The number of carbonyl (C=O) groups excluding carboxylic acids is 1. The fourth-order valence-electron chi connectivity index (χ4n) is 4.92. The number of rotatable bonds is 6. The van der Waals surface area contributed by atoms with Crippen molar-refractivity contribution in [3.8, 4) is 22.8 Å². The zero-order chi connectivity index (χ0) is 25.2. The van der Waals surface area contributed by atoms with Gasteiger partial charge in [0.05, 0.1) is 23.7 Å². The largest absolute Gasteiger partial charge is 0.492 e. The van der Waals surface area contributed by atoms with Gasteiger partial charge in [0.1, 0.15) is 17.1 Å². The Kier molecular flexibility index (Phi) is 6.55. The van der Waals surface area contributed by atoms with Crippen LogP contribution in [-0.4, -0.2) is 57.9 Å². The van der Waals surface area contributed by atoms with Crippen LogP contribution in [0, 0.1) is 13.8 Å². The van der Waals surface area contributed by atoms with Crippen molar-refractivity contribution in [2.45, 2.75) is 20.8 Å². The van der Waals surface area contributed by atoms with Gasteiger partial charge in [0, 0.05) is 39.4 Å². The number of carbonyl (C=O) groups is 1. The van der Waals surface area contributed by atoms with Crippen LogP contribution < -0.4 is 9.64 Å². The highest BCUT2D eigenvalue weighted by Gasteiger charge is 2.28. The Bertz CT molecular complexity index is 1380. The fourth-order valence-corrected chi connectivity index (χ4v) is 4.92. The second-order valence-corrected chi connectivity index (χ2v) is 9.30. The summed E-state index contributed by atoms with van der Waals surface area (Å²) in [6.07, 6.45) is 1.99. The van der Waals surface area contributed by atoms with E-state index in [1.165, 1.54) is 5.56 Å². The first kappa shape index (κ1) is 23.7. The molecule has 0 N–H and O–H groups in total. The van der Waals surface area contributed by atoms with Crippen LogP contribution in [0.5, 0.6) is 5.75 Å². The second-order valence-electron chi connectivity index (χ2n) is 9.30. The lowest BCUT2D eigenvalue weighted by atomic mass is 10.1. The van der Waals surface area contributed by atoms with Crippen LogP contribution >= 0.6 is 0 Å². The van der Waals surface area contributed by atoms with Crippen LogP contribution in [0.1, 0.15) is 28.5 Å². The maximum atomic E-state index is 13.9. The molecule has 2 aromatic heterocycles. The van der Waals surface area contributed by atoms with Crippen LogP contribution in [-0.2, 0) is 7.05 Å². The maximum Gasteiger partial charge on any atom is 0.272 e. The summed E-state index contributed by atoms with van der Waals surface area (Å²) in [7, 11) is 1.99. The molecular formula is C29H33N5O2. The molecule has 0 aliphatic carbocycles. The van der Waals surface area contributed by atoms with Gasteiger partial charge in [-0.2, -0.15) is 5.10 Å². The van der Waals surface area contributed by atoms with E-state index in [9.17, 15) is 4.79 Å². The lowest BCUT2D eigenvalue weighted by molar-refractivity contribution is 0.0737. The predicted octanol–water partition coefficient (Wildman–Crippen LogP) is 4.86. The molecule has 1 aliphatic heterocycles. The summed E-state index contributed by atoms with van der Waals surface area (Å²) in [6, 6.07) is 20.3. The minimum absolute atomic E-state index is 0.000627. The molecule has 7 heteroatoms. The molecule has 1 fully saturated rings. The van der Waals surface area contributed by atoms with Gasteiger partial charge in [-0.1, -0.05) is 29.8 Å². The zero-order valence-electron chi connectivity index (χ0n) is 21.4. The first-order valence-electron chi connectivity index (χ1n) is 12.5. The maximum absolute atomic E-state index is 13.9. The number of anilines is 1. The Balaban J connectivity index is 1.44. The fraction of sp³-hybridized carbons (Fsp3) is 0.310.